The van der Waals surface area contributed by atoms with Crippen LogP contribution in [-0.2, 0) is 0 Å². The van der Waals surface area contributed by atoms with Gasteiger partial charge >= 0.3 is 0 Å². The molecule has 3 nitrogen and oxygen atoms in total. The smallest absolute Gasteiger partial charge is 0.150 e. The second kappa shape index (κ2) is 7.51. The summed E-state index contributed by atoms with van der Waals surface area (Å²) >= 11 is 6.14. The highest BCUT2D eigenvalue weighted by atomic mass is 35.5. The molecule has 0 aromatic heterocycles. The van der Waals surface area contributed by atoms with Gasteiger partial charge in [0.1, 0.15) is 12.0 Å². The number of nitrogens with zero attached hydrogens (tertiary/aromatic N) is 2. The summed E-state index contributed by atoms with van der Waals surface area (Å²) < 4.78 is 5.57. The van der Waals surface area contributed by atoms with Crippen LogP contribution in [-0.4, -0.2) is 31.1 Å². The van der Waals surface area contributed by atoms with Crippen molar-refractivity contribution in [2.75, 3.05) is 31.1 Å². The molecule has 4 heteroatoms. The maximum Gasteiger partial charge on any atom is 0.150 e. The van der Waals surface area contributed by atoms with Gasteiger partial charge in [-0.2, -0.15) is 0 Å². The molecule has 0 unspecified atom stereocenters. The number of ether oxygens (including phenoxy) is 1. The first-order chi connectivity index (χ1) is 12.3. The summed E-state index contributed by atoms with van der Waals surface area (Å²) in [7, 11) is 0. The first-order valence-electron chi connectivity index (χ1n) is 8.96. The second-order valence-electron chi connectivity index (χ2n) is 6.74. The zero-order valence-corrected chi connectivity index (χ0v) is 15.0. The van der Waals surface area contributed by atoms with E-state index in [-0.39, 0.29) is 0 Å². The molecular formula is C21H23ClN2O. The Hall–Kier alpha value is -1.97. The Balaban J connectivity index is 1.31. The Bertz CT molecular complexity index is 753. The molecule has 2 aliphatic rings. The van der Waals surface area contributed by atoms with Gasteiger partial charge in [-0.1, -0.05) is 35.9 Å². The lowest BCUT2D eigenvalue weighted by Gasteiger charge is -2.34. The van der Waals surface area contributed by atoms with Crippen molar-refractivity contribution in [2.24, 2.45) is 0 Å². The van der Waals surface area contributed by atoms with Crippen LogP contribution in [0.15, 0.2) is 61.0 Å². The number of fused-ring (bicyclic) bond motifs is 1. The fraction of sp³-hybridized carbons (Fsp3) is 0.333. The zero-order chi connectivity index (χ0) is 17.1. The lowest BCUT2D eigenvalue weighted by Crippen LogP contribution is -2.38. The molecule has 1 fully saturated rings. The summed E-state index contributed by atoms with van der Waals surface area (Å²) in [5, 5.41) is 0.845. The number of hydrogen-bond donors (Lipinski definition) is 0. The maximum atomic E-state index is 6.14. The quantitative estimate of drug-likeness (QED) is 0.777. The molecule has 25 heavy (non-hydrogen) atoms. The molecule has 0 atom stereocenters. The van der Waals surface area contributed by atoms with Gasteiger partial charge in [-0.15, -0.1) is 0 Å². The molecular weight excluding hydrogens is 332 g/mol. The van der Waals surface area contributed by atoms with E-state index >= 15 is 0 Å². The standard InChI is InChI=1S/C21H23ClN2O/c22-19-5-3-4-18(16-19)17-8-10-23(11-9-17)12-13-24-14-15-25-21-7-2-1-6-20(21)24/h1-7,14-17H,8-13H2. The van der Waals surface area contributed by atoms with Crippen molar-refractivity contribution in [1.29, 1.82) is 0 Å². The minimum absolute atomic E-state index is 0.638. The van der Waals surface area contributed by atoms with Gasteiger partial charge in [0, 0.05) is 24.3 Å². The van der Waals surface area contributed by atoms with Gasteiger partial charge in [-0.25, -0.2) is 0 Å². The fourth-order valence-electron chi connectivity index (χ4n) is 3.75. The van der Waals surface area contributed by atoms with E-state index in [0.29, 0.717) is 5.92 Å². The Kier molecular flexibility index (Phi) is 4.95. The molecule has 0 bridgehead atoms. The number of piperidine rings is 1. The number of para-hydroxylation sites is 2. The van der Waals surface area contributed by atoms with E-state index in [9.17, 15) is 0 Å². The number of anilines is 1. The zero-order valence-electron chi connectivity index (χ0n) is 14.3. The van der Waals surface area contributed by atoms with Crippen molar-refractivity contribution in [3.05, 3.63) is 71.6 Å². The van der Waals surface area contributed by atoms with Gasteiger partial charge in [-0.05, 0) is 61.7 Å². The van der Waals surface area contributed by atoms with Crippen LogP contribution in [0.1, 0.15) is 24.3 Å². The Labute approximate surface area is 154 Å². The van der Waals surface area contributed by atoms with Gasteiger partial charge in [0.05, 0.1) is 5.69 Å². The van der Waals surface area contributed by atoms with Crippen molar-refractivity contribution in [3.63, 3.8) is 0 Å². The van der Waals surface area contributed by atoms with E-state index in [0.717, 1.165) is 42.6 Å². The van der Waals surface area contributed by atoms with Crippen molar-refractivity contribution in [3.8, 4) is 5.75 Å². The fourth-order valence-corrected chi connectivity index (χ4v) is 3.94. The normalized spacial score (nSPS) is 18.0. The number of benzene rings is 2. The molecule has 0 saturated carbocycles. The molecule has 1 saturated heterocycles. The highest BCUT2D eigenvalue weighted by molar-refractivity contribution is 6.30. The molecule has 2 aromatic rings. The summed E-state index contributed by atoms with van der Waals surface area (Å²) in [6.07, 6.45) is 6.21. The van der Waals surface area contributed by atoms with Crippen LogP contribution in [0.4, 0.5) is 5.69 Å². The number of hydrogen-bond acceptors (Lipinski definition) is 3. The molecule has 2 aliphatic heterocycles. The van der Waals surface area contributed by atoms with Crippen LogP contribution in [0.3, 0.4) is 0 Å². The van der Waals surface area contributed by atoms with Gasteiger partial charge in [0.2, 0.25) is 0 Å². The van der Waals surface area contributed by atoms with E-state index in [4.69, 9.17) is 16.3 Å². The number of halogens is 1. The SMILES string of the molecule is Clc1cccc(C2CCN(CCN3C=COc4ccccc43)CC2)c1. The summed E-state index contributed by atoms with van der Waals surface area (Å²) in [6, 6.07) is 16.5. The van der Waals surface area contributed by atoms with Crippen LogP contribution in [0.25, 0.3) is 0 Å². The number of rotatable bonds is 4. The maximum absolute atomic E-state index is 6.14. The molecule has 2 heterocycles. The first-order valence-corrected chi connectivity index (χ1v) is 9.34. The molecule has 0 radical (unpaired) electrons. The monoisotopic (exact) mass is 354 g/mol. The molecule has 130 valence electrons. The lowest BCUT2D eigenvalue weighted by atomic mass is 9.89. The first kappa shape index (κ1) is 16.5. The lowest BCUT2D eigenvalue weighted by molar-refractivity contribution is 0.217. The second-order valence-corrected chi connectivity index (χ2v) is 7.17. The summed E-state index contributed by atoms with van der Waals surface area (Å²) in [5.41, 5.74) is 2.54. The third kappa shape index (κ3) is 3.83. The van der Waals surface area contributed by atoms with Gasteiger partial charge in [0.25, 0.3) is 0 Å². The third-order valence-corrected chi connectivity index (χ3v) is 5.41. The number of likely N-dealkylation sites (tertiary alicyclic amines) is 1. The Morgan fingerprint density at radius 2 is 1.84 bits per heavy atom. The van der Waals surface area contributed by atoms with Crippen LogP contribution in [0.5, 0.6) is 5.75 Å². The van der Waals surface area contributed by atoms with Crippen LogP contribution < -0.4 is 9.64 Å². The van der Waals surface area contributed by atoms with Gasteiger partial charge in [-0.3, -0.25) is 0 Å². The van der Waals surface area contributed by atoms with Gasteiger partial charge in [0.15, 0.2) is 0 Å². The predicted molar refractivity (Wildman–Crippen MR) is 103 cm³/mol. The average Bonchev–Trinajstić information content (AvgIpc) is 2.67. The largest absolute Gasteiger partial charge is 0.461 e. The van der Waals surface area contributed by atoms with Crippen molar-refractivity contribution < 1.29 is 4.74 Å². The highest BCUT2D eigenvalue weighted by Crippen LogP contribution is 2.32. The topological polar surface area (TPSA) is 15.7 Å². The van der Waals surface area contributed by atoms with Crippen LogP contribution in [0.2, 0.25) is 5.02 Å². The molecule has 4 rings (SSSR count). The van der Waals surface area contributed by atoms with E-state index in [1.165, 1.54) is 18.4 Å². The minimum Gasteiger partial charge on any atom is -0.461 e. The molecule has 0 spiro atoms. The van der Waals surface area contributed by atoms with E-state index < -0.39 is 0 Å². The van der Waals surface area contributed by atoms with Crippen molar-refractivity contribution in [2.45, 2.75) is 18.8 Å². The molecule has 0 amide bonds. The van der Waals surface area contributed by atoms with E-state index in [2.05, 4.69) is 40.1 Å². The van der Waals surface area contributed by atoms with Crippen molar-refractivity contribution >= 4 is 17.3 Å². The average molecular weight is 355 g/mol. The summed E-state index contributed by atoms with van der Waals surface area (Å²) in [6.45, 7) is 4.35. The highest BCUT2D eigenvalue weighted by Gasteiger charge is 2.21. The third-order valence-electron chi connectivity index (χ3n) is 5.18. The van der Waals surface area contributed by atoms with Gasteiger partial charge < -0.3 is 14.5 Å². The van der Waals surface area contributed by atoms with Crippen LogP contribution >= 0.6 is 11.6 Å². The Morgan fingerprint density at radius 1 is 1.00 bits per heavy atom. The van der Waals surface area contributed by atoms with Crippen LogP contribution in [0, 0.1) is 0 Å². The minimum atomic E-state index is 0.638. The molecule has 0 aliphatic carbocycles. The van der Waals surface area contributed by atoms with E-state index in [1.54, 1.807) is 6.26 Å². The van der Waals surface area contributed by atoms with Crippen molar-refractivity contribution in [1.82, 2.24) is 4.90 Å². The summed E-state index contributed by atoms with van der Waals surface area (Å²) in [5.74, 6) is 1.57. The summed E-state index contributed by atoms with van der Waals surface area (Å²) in [4.78, 5) is 4.84. The van der Waals surface area contributed by atoms with E-state index in [1.807, 2.05) is 24.4 Å². The Morgan fingerprint density at radius 3 is 2.68 bits per heavy atom. The predicted octanol–water partition coefficient (Wildman–Crippen LogP) is 4.89. The molecule has 0 N–H and O–H groups in total. The molecule has 2 aromatic carbocycles.